The van der Waals surface area contributed by atoms with Crippen molar-refractivity contribution in [1.82, 2.24) is 4.90 Å². The first-order valence-electron chi connectivity index (χ1n) is 10.0. The number of allylic oxidation sites excluding steroid dienone is 2. The van der Waals surface area contributed by atoms with Gasteiger partial charge in [0.1, 0.15) is 0 Å². The molecule has 0 aliphatic rings. The van der Waals surface area contributed by atoms with E-state index >= 15 is 0 Å². The van der Waals surface area contributed by atoms with Crippen molar-refractivity contribution in [2.45, 2.75) is 76.5 Å². The minimum atomic E-state index is -3.29. The summed E-state index contributed by atoms with van der Waals surface area (Å²) in [4.78, 5) is 2.32. The molecule has 3 nitrogen and oxygen atoms in total. The summed E-state index contributed by atoms with van der Waals surface area (Å²) >= 11 is 6.09. The molecule has 1 aromatic carbocycles. The Hall–Kier alpha value is -1.10. The molecule has 1 rings (SSSR count). The second-order valence-corrected chi connectivity index (χ2v) is 11.6. The fraction of sp³-hybridized carbons (Fsp3) is 0.565. The van der Waals surface area contributed by atoms with Gasteiger partial charge in [-0.05, 0) is 64.8 Å². The summed E-state index contributed by atoms with van der Waals surface area (Å²) in [6, 6.07) is 7.85. The molecule has 28 heavy (non-hydrogen) atoms. The maximum atomic E-state index is 13.2. The van der Waals surface area contributed by atoms with Gasteiger partial charge in [-0.2, -0.15) is 0 Å². The number of hydrogen-bond acceptors (Lipinski definition) is 3. The van der Waals surface area contributed by atoms with E-state index in [9.17, 15) is 8.42 Å². The maximum absolute atomic E-state index is 13.2. The van der Waals surface area contributed by atoms with Crippen LogP contribution in [0.2, 0.25) is 5.02 Å². The van der Waals surface area contributed by atoms with Gasteiger partial charge in [0.15, 0.2) is 9.84 Å². The number of hydrogen-bond donors (Lipinski definition) is 0. The van der Waals surface area contributed by atoms with Gasteiger partial charge in [-0.25, -0.2) is 8.42 Å². The lowest BCUT2D eigenvalue weighted by molar-refractivity contribution is 0.135. The molecule has 1 aromatic rings. The van der Waals surface area contributed by atoms with Crippen LogP contribution in [-0.4, -0.2) is 35.9 Å². The van der Waals surface area contributed by atoms with Gasteiger partial charge >= 0.3 is 0 Å². The Labute approximate surface area is 177 Å². The Balaban J connectivity index is 3.38. The van der Waals surface area contributed by atoms with Crippen LogP contribution < -0.4 is 0 Å². The molecule has 0 bridgehead atoms. The predicted octanol–water partition coefficient (Wildman–Crippen LogP) is 6.22. The average molecular weight is 426 g/mol. The van der Waals surface area contributed by atoms with Gasteiger partial charge in [-0.15, -0.1) is 0 Å². The summed E-state index contributed by atoms with van der Waals surface area (Å²) in [7, 11) is -3.29. The van der Waals surface area contributed by atoms with E-state index in [0.717, 1.165) is 24.9 Å². The van der Waals surface area contributed by atoms with Crippen molar-refractivity contribution in [3.05, 3.63) is 59.7 Å². The van der Waals surface area contributed by atoms with Crippen LogP contribution in [0.4, 0.5) is 0 Å². The lowest BCUT2D eigenvalue weighted by atomic mass is 9.97. The number of benzene rings is 1. The van der Waals surface area contributed by atoms with Gasteiger partial charge in [0, 0.05) is 17.1 Å². The molecule has 0 saturated carbocycles. The molecule has 0 N–H and O–H groups in total. The fourth-order valence-corrected chi connectivity index (χ4v) is 5.74. The van der Waals surface area contributed by atoms with Crippen molar-refractivity contribution in [1.29, 1.82) is 0 Å². The Morgan fingerprint density at radius 2 is 1.75 bits per heavy atom. The molecule has 0 radical (unpaired) electrons. The van der Waals surface area contributed by atoms with Crippen molar-refractivity contribution >= 4 is 21.4 Å². The van der Waals surface area contributed by atoms with E-state index in [1.807, 2.05) is 37.3 Å². The van der Waals surface area contributed by atoms with Crippen LogP contribution >= 0.6 is 11.6 Å². The van der Waals surface area contributed by atoms with E-state index in [1.165, 1.54) is 0 Å². The van der Waals surface area contributed by atoms with Gasteiger partial charge in [0.25, 0.3) is 0 Å². The summed E-state index contributed by atoms with van der Waals surface area (Å²) in [5, 5.41) is 0.235. The molecule has 0 spiro atoms. The van der Waals surface area contributed by atoms with Crippen LogP contribution in [0.5, 0.6) is 0 Å². The van der Waals surface area contributed by atoms with Crippen molar-refractivity contribution in [2.24, 2.45) is 0 Å². The van der Waals surface area contributed by atoms with E-state index in [-0.39, 0.29) is 12.1 Å². The molecule has 3 atom stereocenters. The van der Waals surface area contributed by atoms with Crippen LogP contribution in [0, 0.1) is 0 Å². The first kappa shape index (κ1) is 24.9. The molecule has 0 saturated heterocycles. The minimum absolute atomic E-state index is 0.0704. The van der Waals surface area contributed by atoms with Gasteiger partial charge < -0.3 is 0 Å². The quantitative estimate of drug-likeness (QED) is 0.418. The minimum Gasteiger partial charge on any atom is -0.292 e. The van der Waals surface area contributed by atoms with Crippen LogP contribution in [0.3, 0.4) is 0 Å². The Kier molecular flexibility index (Phi) is 9.45. The highest BCUT2D eigenvalue weighted by Crippen LogP contribution is 2.33. The highest BCUT2D eigenvalue weighted by atomic mass is 35.5. The second-order valence-electron chi connectivity index (χ2n) is 8.14. The lowest BCUT2D eigenvalue weighted by Crippen LogP contribution is -2.50. The van der Waals surface area contributed by atoms with Gasteiger partial charge in [-0.3, -0.25) is 4.90 Å². The van der Waals surface area contributed by atoms with E-state index in [1.54, 1.807) is 26.8 Å². The third kappa shape index (κ3) is 5.95. The van der Waals surface area contributed by atoms with Crippen LogP contribution in [0.15, 0.2) is 49.1 Å². The summed E-state index contributed by atoms with van der Waals surface area (Å²) in [6.45, 7) is 15.9. The Morgan fingerprint density at radius 1 is 1.18 bits per heavy atom. The average Bonchev–Trinajstić information content (AvgIpc) is 2.63. The zero-order valence-corrected chi connectivity index (χ0v) is 19.7. The normalized spacial score (nSPS) is 16.3. The summed E-state index contributed by atoms with van der Waals surface area (Å²) in [5.74, 6) is 0. The first-order valence-corrected chi connectivity index (χ1v) is 12.0. The molecule has 0 unspecified atom stereocenters. The van der Waals surface area contributed by atoms with Crippen LogP contribution in [0.25, 0.3) is 0 Å². The molecular formula is C23H36ClNO2S. The molecule has 0 aromatic heterocycles. The Bertz CT molecular complexity index is 748. The SMILES string of the molecule is C=C/C=C/C[C@@H](c1ccc(Cl)cc1)N(CC)[C@H](CC)[C@H](C)S(=O)(=O)C(C)(C)C. The monoisotopic (exact) mass is 425 g/mol. The predicted molar refractivity (Wildman–Crippen MR) is 123 cm³/mol. The van der Waals surface area contributed by atoms with Gasteiger partial charge in [0.2, 0.25) is 0 Å². The highest BCUT2D eigenvalue weighted by Gasteiger charge is 2.41. The second kappa shape index (κ2) is 10.6. The zero-order chi connectivity index (χ0) is 21.5. The van der Waals surface area contributed by atoms with E-state index < -0.39 is 19.8 Å². The van der Waals surface area contributed by atoms with Crippen LogP contribution in [0.1, 0.15) is 66.0 Å². The topological polar surface area (TPSA) is 37.4 Å². The summed E-state index contributed by atoms with van der Waals surface area (Å²) in [5.41, 5.74) is 1.14. The molecule has 0 aliphatic carbocycles. The standard InChI is InChI=1S/C23H36ClNO2S/c1-8-11-12-13-22(19-14-16-20(24)17-15-19)25(10-3)21(9-2)18(4)28(26,27)23(5,6)7/h8,11-12,14-18,21-22H,1,9-10,13H2,2-7H3/b12-11+/t18-,21+,22-/m0/s1. The Morgan fingerprint density at radius 3 is 2.18 bits per heavy atom. The smallest absolute Gasteiger partial charge is 0.159 e. The molecule has 0 fully saturated rings. The van der Waals surface area contributed by atoms with Gasteiger partial charge in [-0.1, -0.05) is 62.4 Å². The lowest BCUT2D eigenvalue weighted by Gasteiger charge is -2.41. The molecule has 0 heterocycles. The summed E-state index contributed by atoms with van der Waals surface area (Å²) in [6.07, 6.45) is 7.33. The van der Waals surface area contributed by atoms with E-state index in [0.29, 0.717) is 5.02 Å². The van der Waals surface area contributed by atoms with E-state index in [2.05, 4.69) is 31.4 Å². The number of halogens is 1. The largest absolute Gasteiger partial charge is 0.292 e. The fourth-order valence-electron chi connectivity index (χ4n) is 3.74. The highest BCUT2D eigenvalue weighted by molar-refractivity contribution is 7.93. The molecular weight excluding hydrogens is 390 g/mol. The van der Waals surface area contributed by atoms with Crippen molar-refractivity contribution < 1.29 is 8.42 Å². The van der Waals surface area contributed by atoms with Crippen molar-refractivity contribution in [2.75, 3.05) is 6.54 Å². The molecule has 5 heteroatoms. The molecule has 0 amide bonds. The van der Waals surface area contributed by atoms with Gasteiger partial charge in [0.05, 0.1) is 10.00 Å². The maximum Gasteiger partial charge on any atom is 0.159 e. The van der Waals surface area contributed by atoms with E-state index in [4.69, 9.17) is 11.6 Å². The number of sulfone groups is 1. The third-order valence-electron chi connectivity index (χ3n) is 5.38. The zero-order valence-electron chi connectivity index (χ0n) is 18.2. The third-order valence-corrected chi connectivity index (χ3v) is 8.63. The van der Waals surface area contributed by atoms with Crippen molar-refractivity contribution in [3.63, 3.8) is 0 Å². The molecule has 0 aliphatic heterocycles. The number of nitrogens with zero attached hydrogens (tertiary/aromatic N) is 1. The molecule has 158 valence electrons. The van der Waals surface area contributed by atoms with Crippen molar-refractivity contribution in [3.8, 4) is 0 Å². The summed E-state index contributed by atoms with van der Waals surface area (Å²) < 4.78 is 25.6. The number of rotatable bonds is 10. The first-order chi connectivity index (χ1) is 13.0. The van der Waals surface area contributed by atoms with Crippen LogP contribution in [-0.2, 0) is 9.84 Å².